The predicted molar refractivity (Wildman–Crippen MR) is 114 cm³/mol. The Morgan fingerprint density at radius 2 is 1.41 bits per heavy atom. The molecule has 0 saturated carbocycles. The first-order valence-electron chi connectivity index (χ1n) is 7.89. The summed E-state index contributed by atoms with van der Waals surface area (Å²) in [6, 6.07) is 11.6. The molecule has 0 radical (unpaired) electrons. The molecule has 0 aliphatic carbocycles. The molecule has 3 N–H and O–H groups in total. The largest absolute Gasteiger partial charge is 0.508 e. The van der Waals surface area contributed by atoms with Gasteiger partial charge in [0.2, 0.25) is 0 Å². The van der Waals surface area contributed by atoms with Crippen molar-refractivity contribution in [3.8, 4) is 11.5 Å². The monoisotopic (exact) mass is 492 g/mol. The van der Waals surface area contributed by atoms with Crippen LogP contribution in [0.15, 0.2) is 54.6 Å². The fraction of sp³-hybridized carbons (Fsp3) is 0.0526. The Balaban J connectivity index is 2.68. The maximum Gasteiger partial charge on any atom is 0.283 e. The second kappa shape index (κ2) is 7.87. The number of rotatable bonds is 4. The number of halogens is 4. The van der Waals surface area contributed by atoms with Gasteiger partial charge < -0.3 is 10.2 Å². The van der Waals surface area contributed by atoms with E-state index in [9.17, 15) is 23.2 Å². The molecular weight excluding hydrogens is 482 g/mol. The third-order valence-corrected chi connectivity index (χ3v) is 7.00. The fourth-order valence-corrected chi connectivity index (χ4v) is 5.57. The van der Waals surface area contributed by atoms with Crippen LogP contribution in [0.1, 0.15) is 16.7 Å². The zero-order valence-corrected chi connectivity index (χ0v) is 18.1. The number of benzene rings is 3. The molecule has 0 aliphatic rings. The maximum absolute atomic E-state index is 13.0. The van der Waals surface area contributed by atoms with Gasteiger partial charge in [0.05, 0.1) is 5.02 Å². The Hall–Kier alpha value is -1.67. The van der Waals surface area contributed by atoms with Gasteiger partial charge in [0, 0.05) is 26.2 Å². The molecule has 0 amide bonds. The van der Waals surface area contributed by atoms with Crippen molar-refractivity contribution in [2.24, 2.45) is 0 Å². The molecule has 3 aromatic rings. The lowest BCUT2D eigenvalue weighted by Crippen LogP contribution is -2.39. The molecule has 5 nitrogen and oxygen atoms in total. The van der Waals surface area contributed by atoms with Crippen molar-refractivity contribution in [1.29, 1.82) is 0 Å². The first-order valence-corrected chi connectivity index (χ1v) is 10.8. The summed E-state index contributed by atoms with van der Waals surface area (Å²) >= 11 is 24.7. The molecule has 1 unspecified atom stereocenters. The van der Waals surface area contributed by atoms with E-state index in [0.717, 1.165) is 6.07 Å². The SMILES string of the molecule is O=S(=O)(O)C(c1cccc(Cl)c1)(c1cc(O)ccc1Cl)c1c(Cl)ccc(Cl)c1O. The van der Waals surface area contributed by atoms with Gasteiger partial charge in [0.1, 0.15) is 11.5 Å². The summed E-state index contributed by atoms with van der Waals surface area (Å²) in [5.74, 6) is -1.02. The molecule has 0 aliphatic heterocycles. The van der Waals surface area contributed by atoms with E-state index < -0.39 is 26.2 Å². The zero-order chi connectivity index (χ0) is 21.6. The van der Waals surface area contributed by atoms with Gasteiger partial charge >= 0.3 is 0 Å². The molecule has 0 bridgehead atoms. The molecule has 152 valence electrons. The Morgan fingerprint density at radius 1 is 0.793 bits per heavy atom. The first-order chi connectivity index (χ1) is 13.5. The third-order valence-electron chi connectivity index (χ3n) is 4.38. The van der Waals surface area contributed by atoms with Crippen molar-refractivity contribution < 1.29 is 23.2 Å². The zero-order valence-electron chi connectivity index (χ0n) is 14.3. The normalized spacial score (nSPS) is 13.8. The van der Waals surface area contributed by atoms with Crippen molar-refractivity contribution in [1.82, 2.24) is 0 Å². The van der Waals surface area contributed by atoms with Gasteiger partial charge in [0.15, 0.2) is 4.75 Å². The first kappa shape index (κ1) is 22.0. The Bertz CT molecular complexity index is 1210. The quantitative estimate of drug-likeness (QED) is 0.311. The fourth-order valence-electron chi connectivity index (χ4n) is 3.22. The topological polar surface area (TPSA) is 94.8 Å². The van der Waals surface area contributed by atoms with E-state index in [1.54, 1.807) is 0 Å². The highest BCUT2D eigenvalue weighted by atomic mass is 35.5. The minimum absolute atomic E-state index is 0.0838. The number of hydrogen-bond acceptors (Lipinski definition) is 4. The van der Waals surface area contributed by atoms with Crippen LogP contribution in [-0.4, -0.2) is 23.2 Å². The Kier molecular flexibility index (Phi) is 5.98. The molecule has 0 heterocycles. The van der Waals surface area contributed by atoms with Crippen molar-refractivity contribution in [3.05, 3.63) is 91.4 Å². The second-order valence-corrected chi connectivity index (χ2v) is 9.30. The average molecular weight is 494 g/mol. The van der Waals surface area contributed by atoms with Gasteiger partial charge in [-0.05, 0) is 48.0 Å². The van der Waals surface area contributed by atoms with Crippen molar-refractivity contribution >= 4 is 56.5 Å². The van der Waals surface area contributed by atoms with Crippen LogP contribution in [-0.2, 0) is 14.9 Å². The molecule has 1 atom stereocenters. The summed E-state index contributed by atoms with van der Waals surface area (Å²) in [6.07, 6.45) is 0. The van der Waals surface area contributed by atoms with Crippen LogP contribution in [0.2, 0.25) is 20.1 Å². The van der Waals surface area contributed by atoms with Crippen molar-refractivity contribution in [2.45, 2.75) is 4.75 Å². The summed E-state index contributed by atoms with van der Waals surface area (Å²) in [4.78, 5) is 0. The van der Waals surface area contributed by atoms with E-state index in [1.165, 1.54) is 48.5 Å². The van der Waals surface area contributed by atoms with Crippen LogP contribution in [0.4, 0.5) is 0 Å². The second-order valence-electron chi connectivity index (χ2n) is 6.08. The lowest BCUT2D eigenvalue weighted by molar-refractivity contribution is 0.439. The number of hydrogen-bond donors (Lipinski definition) is 3. The van der Waals surface area contributed by atoms with Crippen LogP contribution in [0, 0.1) is 0 Å². The Morgan fingerprint density at radius 3 is 2.03 bits per heavy atom. The number of phenols is 2. The van der Waals surface area contributed by atoms with Gasteiger partial charge in [-0.1, -0.05) is 58.5 Å². The van der Waals surface area contributed by atoms with Gasteiger partial charge in [-0.25, -0.2) is 0 Å². The lowest BCUT2D eigenvalue weighted by atomic mass is 9.83. The molecule has 0 spiro atoms. The standard InChI is InChI=1S/C19H12Cl4O5S/c20-11-3-1-2-10(8-11)19(29(26,27)28,13-9-12(24)4-5-14(13)21)17-15(22)6-7-16(23)18(17)25/h1-9,24-25H,(H,26,27,28). The van der Waals surface area contributed by atoms with Crippen LogP contribution in [0.25, 0.3) is 0 Å². The summed E-state index contributed by atoms with van der Waals surface area (Å²) < 4.78 is 34.0. The molecule has 3 aromatic carbocycles. The van der Waals surface area contributed by atoms with Crippen LogP contribution in [0.5, 0.6) is 11.5 Å². The van der Waals surface area contributed by atoms with Crippen LogP contribution < -0.4 is 0 Å². The molecule has 29 heavy (non-hydrogen) atoms. The maximum atomic E-state index is 13.0. The highest BCUT2D eigenvalue weighted by Gasteiger charge is 2.53. The molecule has 0 fully saturated rings. The molecule has 0 saturated heterocycles. The van der Waals surface area contributed by atoms with E-state index in [0.29, 0.717) is 0 Å². The van der Waals surface area contributed by atoms with Gasteiger partial charge in [-0.3, -0.25) is 4.55 Å². The van der Waals surface area contributed by atoms with Crippen LogP contribution >= 0.6 is 46.4 Å². The highest BCUT2D eigenvalue weighted by molar-refractivity contribution is 7.87. The molecule has 3 rings (SSSR count). The molecular formula is C19H12Cl4O5S. The molecule has 10 heteroatoms. The van der Waals surface area contributed by atoms with Gasteiger partial charge in [-0.15, -0.1) is 0 Å². The van der Waals surface area contributed by atoms with E-state index in [4.69, 9.17) is 46.4 Å². The smallest absolute Gasteiger partial charge is 0.283 e. The minimum atomic E-state index is -5.16. The third kappa shape index (κ3) is 3.65. The van der Waals surface area contributed by atoms with E-state index in [1.807, 2.05) is 0 Å². The number of aromatic hydroxyl groups is 2. The minimum Gasteiger partial charge on any atom is -0.508 e. The van der Waals surface area contributed by atoms with Crippen molar-refractivity contribution in [2.75, 3.05) is 0 Å². The average Bonchev–Trinajstić information content (AvgIpc) is 2.63. The molecule has 0 aromatic heterocycles. The highest BCUT2D eigenvalue weighted by Crippen LogP contribution is 2.53. The predicted octanol–water partition coefficient (Wildman–Crippen LogP) is 5.89. The summed E-state index contributed by atoms with van der Waals surface area (Å²) in [5, 5.41) is 20.3. The summed E-state index contributed by atoms with van der Waals surface area (Å²) in [7, 11) is -5.16. The number of phenolic OH excluding ortho intramolecular Hbond substituents is 2. The summed E-state index contributed by atoms with van der Waals surface area (Å²) in [5.41, 5.74) is -0.785. The summed E-state index contributed by atoms with van der Waals surface area (Å²) in [6.45, 7) is 0. The van der Waals surface area contributed by atoms with Crippen LogP contribution in [0.3, 0.4) is 0 Å². The van der Waals surface area contributed by atoms with Crippen molar-refractivity contribution in [3.63, 3.8) is 0 Å². The van der Waals surface area contributed by atoms with E-state index >= 15 is 0 Å². The lowest BCUT2D eigenvalue weighted by Gasteiger charge is -2.34. The van der Waals surface area contributed by atoms with E-state index in [2.05, 4.69) is 0 Å². The van der Waals surface area contributed by atoms with E-state index in [-0.39, 0.29) is 37.0 Å². The van der Waals surface area contributed by atoms with Gasteiger partial charge in [0.25, 0.3) is 10.1 Å². The van der Waals surface area contributed by atoms with Gasteiger partial charge in [-0.2, -0.15) is 8.42 Å². The Labute approximate surface area is 186 Å².